The Morgan fingerprint density at radius 3 is 2.31 bits per heavy atom. The van der Waals surface area contributed by atoms with E-state index in [1.54, 1.807) is 80.6 Å². The highest BCUT2D eigenvalue weighted by Gasteiger charge is 2.28. The minimum atomic E-state index is -0.956. The van der Waals surface area contributed by atoms with Crippen LogP contribution in [0.4, 0.5) is 16.2 Å². The number of methoxy groups -OCH3 is 1. The summed E-state index contributed by atoms with van der Waals surface area (Å²) >= 11 is 11.6. The van der Waals surface area contributed by atoms with E-state index in [1.165, 1.54) is 26.2 Å². The van der Waals surface area contributed by atoms with Gasteiger partial charge in [-0.15, -0.1) is 0 Å². The first-order chi connectivity index (χ1) is 27.7. The highest BCUT2D eigenvalue weighted by atomic mass is 35.5. The molecule has 4 N–H and O–H groups in total. The lowest BCUT2D eigenvalue weighted by Crippen LogP contribution is -2.53. The molecule has 0 bridgehead atoms. The number of ether oxygens (including phenoxy) is 2. The van der Waals surface area contributed by atoms with Gasteiger partial charge in [0.15, 0.2) is 0 Å². The molecule has 302 valence electrons. The molecule has 0 saturated carbocycles. The van der Waals surface area contributed by atoms with Gasteiger partial charge in [0.1, 0.15) is 35.0 Å². The number of rotatable bonds is 15. The van der Waals surface area contributed by atoms with Crippen molar-refractivity contribution in [2.75, 3.05) is 19.0 Å². The van der Waals surface area contributed by atoms with Crippen molar-refractivity contribution in [3.8, 4) is 5.75 Å². The molecule has 0 radical (unpaired) electrons. The summed E-state index contributed by atoms with van der Waals surface area (Å²) in [6, 6.07) is 18.5. The number of benzene rings is 3. The number of alkyl carbamates (subject to hydrolysis) is 1. The van der Waals surface area contributed by atoms with Crippen LogP contribution in [0.25, 0.3) is 11.0 Å². The normalized spacial score (nSPS) is 13.6. The largest absolute Gasteiger partial charge is 0.496 e. The Hall–Kier alpha value is -6.39. The van der Waals surface area contributed by atoms with E-state index < -0.39 is 47.7 Å². The number of imide groups is 1. The molecule has 58 heavy (non-hydrogen) atoms. The van der Waals surface area contributed by atoms with E-state index >= 15 is 0 Å². The van der Waals surface area contributed by atoms with Crippen LogP contribution in [0.3, 0.4) is 0 Å². The Labute approximate surface area is 343 Å². The summed E-state index contributed by atoms with van der Waals surface area (Å²) in [6.45, 7) is 4.99. The maximum atomic E-state index is 13.1. The summed E-state index contributed by atoms with van der Waals surface area (Å²) in [5, 5.41) is 12.0. The van der Waals surface area contributed by atoms with Crippen molar-refractivity contribution in [1.29, 1.82) is 0 Å². The van der Waals surface area contributed by atoms with E-state index in [0.717, 1.165) is 10.3 Å². The molecule has 0 aliphatic carbocycles. The van der Waals surface area contributed by atoms with Crippen molar-refractivity contribution in [2.45, 2.75) is 52.3 Å². The predicted octanol–water partition coefficient (Wildman–Crippen LogP) is 5.22. The van der Waals surface area contributed by atoms with Crippen LogP contribution in [0.1, 0.15) is 44.7 Å². The minimum absolute atomic E-state index is 0.00813. The van der Waals surface area contributed by atoms with Crippen LogP contribution >= 0.6 is 23.8 Å². The van der Waals surface area contributed by atoms with Gasteiger partial charge in [0.2, 0.25) is 23.3 Å². The lowest BCUT2D eigenvalue weighted by molar-refractivity contribution is -0.137. The topological polar surface area (TPSA) is 198 Å². The van der Waals surface area contributed by atoms with Gasteiger partial charge in [-0.1, -0.05) is 49.8 Å². The number of carbonyl (C=O) groups is 6. The molecule has 2 heterocycles. The zero-order chi connectivity index (χ0) is 41.9. The van der Waals surface area contributed by atoms with E-state index in [2.05, 4.69) is 26.3 Å². The number of thiocarbonyl (C=S) groups is 1. The number of nitrogens with zero attached hydrogens (tertiary/aromatic N) is 2. The van der Waals surface area contributed by atoms with Crippen LogP contribution in [-0.4, -0.2) is 71.3 Å². The van der Waals surface area contributed by atoms with E-state index in [9.17, 15) is 28.8 Å². The van der Waals surface area contributed by atoms with E-state index in [-0.39, 0.29) is 36.9 Å². The van der Waals surface area contributed by atoms with Gasteiger partial charge in [0.25, 0.3) is 11.8 Å². The summed E-state index contributed by atoms with van der Waals surface area (Å²) in [5.74, 6) is -2.23. The second-order valence-corrected chi connectivity index (χ2v) is 14.3. The Morgan fingerprint density at radius 1 is 0.897 bits per heavy atom. The first-order valence-corrected chi connectivity index (χ1v) is 18.9. The fourth-order valence-electron chi connectivity index (χ4n) is 5.66. The first kappa shape index (κ1) is 42.7. The van der Waals surface area contributed by atoms with Crippen LogP contribution in [0.5, 0.6) is 5.75 Å². The molecule has 6 amide bonds. The fourth-order valence-corrected chi connectivity index (χ4v) is 6.08. The SMILES string of the molecule is COc1ccc(N=c2ccc3cc(Cl)ccc3o2)cc1C(=S)NC(=O)OCc1ccc(NC(=O)[C@@H](C)NC(=O)[C@H](NC(=O)CCCN2C(=O)C=CC2=O)C(C)C)cc1. The zero-order valence-electron chi connectivity index (χ0n) is 32.0. The monoisotopic (exact) mass is 828 g/mol. The lowest BCUT2D eigenvalue weighted by Gasteiger charge is -2.24. The Bertz CT molecular complexity index is 2330. The third-order valence-corrected chi connectivity index (χ3v) is 9.33. The van der Waals surface area contributed by atoms with Crippen LogP contribution in [0.2, 0.25) is 5.02 Å². The highest BCUT2D eigenvalue weighted by Crippen LogP contribution is 2.25. The molecule has 5 rings (SSSR count). The van der Waals surface area contributed by atoms with Gasteiger partial charge in [0, 0.05) is 47.3 Å². The molecule has 2 atom stereocenters. The van der Waals surface area contributed by atoms with Gasteiger partial charge in [-0.05, 0) is 79.4 Å². The quantitative estimate of drug-likeness (QED) is 0.0911. The molecule has 1 aromatic heterocycles. The molecule has 17 heteroatoms. The van der Waals surface area contributed by atoms with Gasteiger partial charge in [-0.2, -0.15) is 0 Å². The van der Waals surface area contributed by atoms with Crippen molar-refractivity contribution >= 4 is 86.8 Å². The minimum Gasteiger partial charge on any atom is -0.496 e. The summed E-state index contributed by atoms with van der Waals surface area (Å²) < 4.78 is 16.7. The number of anilines is 1. The zero-order valence-corrected chi connectivity index (χ0v) is 33.6. The average Bonchev–Trinajstić information content (AvgIpc) is 3.51. The number of nitrogens with one attached hydrogen (secondary N) is 4. The predicted molar refractivity (Wildman–Crippen MR) is 219 cm³/mol. The van der Waals surface area contributed by atoms with Crippen LogP contribution < -0.4 is 31.6 Å². The van der Waals surface area contributed by atoms with Crippen molar-refractivity contribution in [3.05, 3.63) is 107 Å². The molecule has 1 aliphatic rings. The highest BCUT2D eigenvalue weighted by molar-refractivity contribution is 7.80. The molecule has 0 unspecified atom stereocenters. The van der Waals surface area contributed by atoms with E-state index in [1.807, 2.05) is 6.07 Å². The van der Waals surface area contributed by atoms with Crippen molar-refractivity contribution < 1.29 is 42.7 Å². The molecule has 0 spiro atoms. The summed E-state index contributed by atoms with van der Waals surface area (Å²) in [7, 11) is 1.48. The fraction of sp³-hybridized carbons (Fsp3) is 0.268. The summed E-state index contributed by atoms with van der Waals surface area (Å²) in [5.41, 5.74) is 2.90. The van der Waals surface area contributed by atoms with Crippen molar-refractivity contribution in [2.24, 2.45) is 10.9 Å². The van der Waals surface area contributed by atoms with E-state index in [0.29, 0.717) is 44.4 Å². The Morgan fingerprint density at radius 2 is 1.62 bits per heavy atom. The van der Waals surface area contributed by atoms with Gasteiger partial charge in [-0.3, -0.25) is 34.2 Å². The molecule has 15 nitrogen and oxygen atoms in total. The summed E-state index contributed by atoms with van der Waals surface area (Å²) in [6.07, 6.45) is 1.76. The third kappa shape index (κ3) is 11.6. The van der Waals surface area contributed by atoms with Crippen molar-refractivity contribution in [3.63, 3.8) is 0 Å². The second-order valence-electron chi connectivity index (χ2n) is 13.5. The smallest absolute Gasteiger partial charge is 0.412 e. The molecule has 1 aliphatic heterocycles. The standard InChI is InChI=1S/C41H41ClN6O9S/c1-23(2)37(46-33(49)6-5-19-48-35(50)17-18-36(48)51)39(53)43-24(3)38(52)45-28-11-7-25(8-12-28)22-56-41(54)47-40(58)30-21-29(13-15-32(30)55-4)44-34-16-9-26-20-27(42)10-14-31(26)57-34/h7-18,20-21,23-24,37H,5-6,19,22H2,1-4H3,(H,43,53)(H,45,52)(H,46,49)(H,47,54,58)/t24-,37-/m1/s1. The number of carbonyl (C=O) groups excluding carboxylic acids is 6. The lowest BCUT2D eigenvalue weighted by atomic mass is 10.0. The van der Waals surface area contributed by atoms with Crippen LogP contribution in [-0.2, 0) is 35.3 Å². The molecule has 0 fully saturated rings. The number of amides is 6. The molecule has 0 saturated heterocycles. The first-order valence-electron chi connectivity index (χ1n) is 18.1. The number of hydrogen-bond acceptors (Lipinski definition) is 11. The van der Waals surface area contributed by atoms with Gasteiger partial charge in [-0.25, -0.2) is 9.79 Å². The van der Waals surface area contributed by atoms with Crippen LogP contribution in [0, 0.1) is 5.92 Å². The van der Waals surface area contributed by atoms with Crippen molar-refractivity contribution in [1.82, 2.24) is 20.9 Å². The molecule has 3 aromatic carbocycles. The van der Waals surface area contributed by atoms with E-state index in [4.69, 9.17) is 37.7 Å². The average molecular weight is 829 g/mol. The van der Waals surface area contributed by atoms with Crippen LogP contribution in [0.15, 0.2) is 94.4 Å². The number of hydrogen-bond donors (Lipinski definition) is 4. The Balaban J connectivity index is 1.08. The Kier molecular flexibility index (Phi) is 14.5. The summed E-state index contributed by atoms with van der Waals surface area (Å²) in [4.78, 5) is 80.3. The van der Waals surface area contributed by atoms with Gasteiger partial charge >= 0.3 is 6.09 Å². The second kappa shape index (κ2) is 19.7. The maximum Gasteiger partial charge on any atom is 0.412 e. The third-order valence-electron chi connectivity index (χ3n) is 8.77. The molecular weight excluding hydrogens is 788 g/mol. The number of fused-ring (bicyclic) bond motifs is 1. The van der Waals surface area contributed by atoms with Gasteiger partial charge < -0.3 is 29.8 Å². The molecule has 4 aromatic rings. The maximum absolute atomic E-state index is 13.1. The molecular formula is C41H41ClN6O9S. The number of halogens is 1. The van der Waals surface area contributed by atoms with Gasteiger partial charge in [0.05, 0.1) is 18.4 Å².